The molecule has 0 aliphatic rings. The highest BCUT2D eigenvalue weighted by atomic mass is 35.5. The summed E-state index contributed by atoms with van der Waals surface area (Å²) in [6.07, 6.45) is -15.7. The molecule has 0 radical (unpaired) electrons. The second-order valence-corrected chi connectivity index (χ2v) is 9.23. The molecule has 0 N–H and O–H groups in total. The van der Waals surface area contributed by atoms with Crippen LogP contribution in [0.2, 0.25) is 10.0 Å². The van der Waals surface area contributed by atoms with Crippen molar-refractivity contribution >= 4 is 29.0 Å². The standard InChI is InChI=1S/C26H13Cl2F9N2O2/c27-17-9-8-13(10-18(17)28)12-39-21(22(40)25(32,33)34)20(14-4-3-5-15(11-14)24(29,30)31)38-23(39)16-6-1-2-7-19(16)41-26(35,36)37/h1-11H,12H2. The van der Waals surface area contributed by atoms with E-state index in [0.717, 1.165) is 30.3 Å². The number of halogens is 11. The molecule has 216 valence electrons. The molecule has 41 heavy (non-hydrogen) atoms. The molecule has 3 aromatic carbocycles. The Morgan fingerprint density at radius 3 is 2.12 bits per heavy atom. The highest BCUT2D eigenvalue weighted by molar-refractivity contribution is 6.42. The molecule has 15 heteroatoms. The molecule has 0 saturated carbocycles. The van der Waals surface area contributed by atoms with Crippen LogP contribution in [-0.4, -0.2) is 27.9 Å². The van der Waals surface area contributed by atoms with E-state index >= 15 is 0 Å². The normalized spacial score (nSPS) is 12.5. The number of ether oxygens (including phenoxy) is 1. The first-order valence-electron chi connectivity index (χ1n) is 11.1. The van der Waals surface area contributed by atoms with Gasteiger partial charge in [-0.2, -0.15) is 26.3 Å². The molecule has 4 aromatic rings. The molecule has 0 unspecified atom stereocenters. The summed E-state index contributed by atoms with van der Waals surface area (Å²) in [5.41, 5.74) is -4.24. The highest BCUT2D eigenvalue weighted by Gasteiger charge is 2.44. The molecular weight excluding hydrogens is 614 g/mol. The van der Waals surface area contributed by atoms with Crippen LogP contribution in [0.5, 0.6) is 5.75 Å². The molecule has 0 bridgehead atoms. The maximum Gasteiger partial charge on any atom is 0.573 e. The number of nitrogens with zero attached hydrogens (tertiary/aromatic N) is 2. The summed E-state index contributed by atoms with van der Waals surface area (Å²) in [7, 11) is 0. The van der Waals surface area contributed by atoms with Crippen molar-refractivity contribution in [1.82, 2.24) is 9.55 Å². The molecule has 4 nitrogen and oxygen atoms in total. The van der Waals surface area contributed by atoms with Crippen molar-refractivity contribution in [2.75, 3.05) is 0 Å². The maximum absolute atomic E-state index is 13.9. The zero-order valence-corrected chi connectivity index (χ0v) is 21.4. The van der Waals surface area contributed by atoms with E-state index in [9.17, 15) is 44.3 Å². The lowest BCUT2D eigenvalue weighted by Crippen LogP contribution is -2.26. The third-order valence-electron chi connectivity index (χ3n) is 5.58. The number of rotatable bonds is 6. The zero-order valence-electron chi connectivity index (χ0n) is 19.9. The lowest BCUT2D eigenvalue weighted by molar-refractivity contribution is -0.274. The Hall–Kier alpha value is -3.71. The fourth-order valence-corrected chi connectivity index (χ4v) is 4.23. The first-order valence-corrected chi connectivity index (χ1v) is 11.9. The number of benzene rings is 3. The summed E-state index contributed by atoms with van der Waals surface area (Å²) in [6, 6.07) is 11.1. The maximum atomic E-state index is 13.9. The van der Waals surface area contributed by atoms with Crippen molar-refractivity contribution in [1.29, 1.82) is 0 Å². The number of alkyl halides is 9. The summed E-state index contributed by atoms with van der Waals surface area (Å²) < 4.78 is 126. The van der Waals surface area contributed by atoms with Crippen molar-refractivity contribution in [2.24, 2.45) is 0 Å². The minimum Gasteiger partial charge on any atom is -0.405 e. The monoisotopic (exact) mass is 626 g/mol. The second-order valence-electron chi connectivity index (χ2n) is 8.42. The van der Waals surface area contributed by atoms with Crippen molar-refractivity contribution in [3.63, 3.8) is 0 Å². The van der Waals surface area contributed by atoms with E-state index in [-0.39, 0.29) is 15.6 Å². The van der Waals surface area contributed by atoms with Gasteiger partial charge in [-0.25, -0.2) is 4.98 Å². The summed E-state index contributed by atoms with van der Waals surface area (Å²) >= 11 is 11.9. The Morgan fingerprint density at radius 2 is 1.51 bits per heavy atom. The largest absolute Gasteiger partial charge is 0.573 e. The lowest BCUT2D eigenvalue weighted by atomic mass is 10.0. The Balaban J connectivity index is 2.08. The van der Waals surface area contributed by atoms with Gasteiger partial charge in [0.15, 0.2) is 0 Å². The molecule has 0 amide bonds. The van der Waals surface area contributed by atoms with E-state index in [2.05, 4.69) is 9.72 Å². The van der Waals surface area contributed by atoms with E-state index in [1.165, 1.54) is 24.3 Å². The number of aromatic nitrogens is 2. The number of carbonyl (C=O) groups excluding carboxylic acids is 1. The van der Waals surface area contributed by atoms with Crippen LogP contribution in [0.25, 0.3) is 22.6 Å². The Labute approximate surface area is 234 Å². The van der Waals surface area contributed by atoms with E-state index in [1.54, 1.807) is 0 Å². The second kappa shape index (κ2) is 10.9. The van der Waals surface area contributed by atoms with Gasteiger partial charge in [0, 0.05) is 12.1 Å². The fourth-order valence-electron chi connectivity index (χ4n) is 3.91. The minimum atomic E-state index is -5.55. The Kier molecular flexibility index (Phi) is 8.07. The van der Waals surface area contributed by atoms with Gasteiger partial charge < -0.3 is 9.30 Å². The van der Waals surface area contributed by atoms with Gasteiger partial charge in [0.2, 0.25) is 0 Å². The molecule has 1 aromatic heterocycles. The predicted molar refractivity (Wildman–Crippen MR) is 131 cm³/mol. The van der Waals surface area contributed by atoms with Crippen LogP contribution in [-0.2, 0) is 12.7 Å². The van der Waals surface area contributed by atoms with Crippen LogP contribution in [0, 0.1) is 0 Å². The molecule has 0 fully saturated rings. The SMILES string of the molecule is O=C(c1c(-c2cccc(C(F)(F)F)c2)nc(-c2ccccc2OC(F)(F)F)n1Cc1ccc(Cl)c(Cl)c1)C(F)(F)F. The van der Waals surface area contributed by atoms with Crippen molar-refractivity contribution in [2.45, 2.75) is 25.3 Å². The number of Topliss-reactive ketones (excluding diaryl/α,β-unsaturated/α-hetero) is 1. The van der Waals surface area contributed by atoms with Crippen molar-refractivity contribution in [3.05, 3.63) is 93.6 Å². The molecule has 4 rings (SSSR count). The van der Waals surface area contributed by atoms with Gasteiger partial charge in [-0.05, 0) is 42.0 Å². The molecule has 0 aliphatic carbocycles. The molecule has 1 heterocycles. The topological polar surface area (TPSA) is 44.1 Å². The number of carbonyl (C=O) groups is 1. The van der Waals surface area contributed by atoms with Gasteiger partial charge in [-0.15, -0.1) is 13.2 Å². The first-order chi connectivity index (χ1) is 19.0. The molecule has 0 aliphatic heterocycles. The number of imidazole rings is 1. The van der Waals surface area contributed by atoms with Gasteiger partial charge in [0.25, 0.3) is 5.78 Å². The summed E-state index contributed by atoms with van der Waals surface area (Å²) in [5, 5.41) is 0.0369. The number of para-hydroxylation sites is 1. The average Bonchev–Trinajstić information content (AvgIpc) is 3.22. The highest BCUT2D eigenvalue weighted by Crippen LogP contribution is 2.40. The predicted octanol–water partition coefficient (Wildman–Crippen LogP) is 9.23. The summed E-state index contributed by atoms with van der Waals surface area (Å²) in [6.45, 7) is -0.629. The van der Waals surface area contributed by atoms with Gasteiger partial charge >= 0.3 is 18.7 Å². The Bertz CT molecular complexity index is 1610. The van der Waals surface area contributed by atoms with Crippen LogP contribution in [0.4, 0.5) is 39.5 Å². The van der Waals surface area contributed by atoms with Crippen LogP contribution in [0.1, 0.15) is 21.6 Å². The zero-order chi connectivity index (χ0) is 30.3. The summed E-state index contributed by atoms with van der Waals surface area (Å²) in [5.74, 6) is -4.02. The van der Waals surface area contributed by atoms with Crippen molar-refractivity contribution in [3.8, 4) is 28.4 Å². The molecule has 0 saturated heterocycles. The van der Waals surface area contributed by atoms with Gasteiger partial charge in [0.05, 0.1) is 21.2 Å². The van der Waals surface area contributed by atoms with Crippen molar-refractivity contribution < 1.29 is 49.0 Å². The first kappa shape index (κ1) is 30.3. The molecule has 0 atom stereocenters. The number of ketones is 1. The van der Waals surface area contributed by atoms with E-state index in [4.69, 9.17) is 23.2 Å². The fraction of sp³-hybridized carbons (Fsp3) is 0.154. The average molecular weight is 627 g/mol. The quantitative estimate of drug-likeness (QED) is 0.158. The van der Waals surface area contributed by atoms with Gasteiger partial charge in [-0.1, -0.05) is 53.5 Å². The smallest absolute Gasteiger partial charge is 0.405 e. The molecular formula is C26H13Cl2F9N2O2. The van der Waals surface area contributed by atoms with Gasteiger partial charge in [0.1, 0.15) is 23.0 Å². The van der Waals surface area contributed by atoms with Crippen LogP contribution < -0.4 is 4.74 Å². The molecule has 0 spiro atoms. The van der Waals surface area contributed by atoms with Crippen LogP contribution in [0.3, 0.4) is 0 Å². The third kappa shape index (κ3) is 6.79. The Morgan fingerprint density at radius 1 is 0.829 bits per heavy atom. The number of hydrogen-bond donors (Lipinski definition) is 0. The lowest BCUT2D eigenvalue weighted by Gasteiger charge is -2.16. The van der Waals surface area contributed by atoms with Gasteiger partial charge in [-0.3, -0.25) is 4.79 Å². The van der Waals surface area contributed by atoms with E-state index in [0.29, 0.717) is 16.7 Å². The van der Waals surface area contributed by atoms with E-state index in [1.807, 2.05) is 0 Å². The minimum absolute atomic E-state index is 0.0339. The van der Waals surface area contributed by atoms with Crippen LogP contribution in [0.15, 0.2) is 66.7 Å². The van der Waals surface area contributed by atoms with E-state index < -0.39 is 70.7 Å². The number of hydrogen-bond acceptors (Lipinski definition) is 3. The summed E-state index contributed by atoms with van der Waals surface area (Å²) in [4.78, 5) is 16.8. The van der Waals surface area contributed by atoms with Crippen LogP contribution >= 0.6 is 23.2 Å². The third-order valence-corrected chi connectivity index (χ3v) is 6.32.